The molecular weight excluding hydrogens is 567 g/mol. The highest BCUT2D eigenvalue weighted by Crippen LogP contribution is 2.37. The van der Waals surface area contributed by atoms with Gasteiger partial charge in [0, 0.05) is 22.6 Å². The lowest BCUT2D eigenvalue weighted by molar-refractivity contribution is -0.206. The molecule has 1 aliphatic heterocycles. The molecule has 3 aromatic carbocycles. The monoisotopic (exact) mass is 590 g/mol. The maximum absolute atomic E-state index is 14.8. The van der Waals surface area contributed by atoms with Crippen molar-refractivity contribution in [2.24, 2.45) is 5.92 Å². The smallest absolute Gasteiger partial charge is 0.422 e. The van der Waals surface area contributed by atoms with Crippen LogP contribution in [-0.2, 0) is 26.8 Å². The lowest BCUT2D eigenvalue weighted by Crippen LogP contribution is -2.28. The Labute approximate surface area is 229 Å². The zero-order valence-electron chi connectivity index (χ0n) is 21.4. The summed E-state index contributed by atoms with van der Waals surface area (Å²) in [5, 5.41) is 0. The molecule has 1 fully saturated rings. The van der Waals surface area contributed by atoms with E-state index in [0.29, 0.717) is 24.1 Å². The summed E-state index contributed by atoms with van der Waals surface area (Å²) in [7, 11) is 0. The molecule has 1 heterocycles. The Morgan fingerprint density at radius 3 is 2.07 bits per heavy atom. The Morgan fingerprint density at radius 1 is 0.854 bits per heavy atom. The zero-order chi connectivity index (χ0) is 29.9. The number of aryl methyl sites for hydroxylation is 1. The first-order valence-corrected chi connectivity index (χ1v) is 12.4. The first-order valence-electron chi connectivity index (χ1n) is 12.4. The summed E-state index contributed by atoms with van der Waals surface area (Å²) in [6, 6.07) is 6.70. The van der Waals surface area contributed by atoms with Crippen LogP contribution >= 0.6 is 0 Å². The number of hydrogen-bond donors (Lipinski definition) is 0. The number of ether oxygens (including phenoxy) is 3. The van der Waals surface area contributed by atoms with Crippen molar-refractivity contribution in [1.82, 2.24) is 0 Å². The van der Waals surface area contributed by atoms with Gasteiger partial charge in [0.05, 0.1) is 19.8 Å². The minimum Gasteiger partial charge on any atom is -0.469 e. The van der Waals surface area contributed by atoms with Gasteiger partial charge in [-0.05, 0) is 55.2 Å². The van der Waals surface area contributed by atoms with Crippen LogP contribution in [0.4, 0.5) is 39.5 Å². The van der Waals surface area contributed by atoms with Gasteiger partial charge < -0.3 is 14.2 Å². The van der Waals surface area contributed by atoms with E-state index < -0.39 is 53.1 Å². The number of benzene rings is 3. The second-order valence-electron chi connectivity index (χ2n) is 9.28. The van der Waals surface area contributed by atoms with Crippen LogP contribution in [0.5, 0.6) is 0 Å². The molecule has 0 radical (unpaired) electrons. The molecule has 41 heavy (non-hydrogen) atoms. The van der Waals surface area contributed by atoms with Gasteiger partial charge in [0.2, 0.25) is 5.83 Å². The third kappa shape index (κ3) is 7.05. The second kappa shape index (κ2) is 12.6. The summed E-state index contributed by atoms with van der Waals surface area (Å²) in [4.78, 5) is 0. The molecule has 0 N–H and O–H groups in total. The predicted molar refractivity (Wildman–Crippen MR) is 130 cm³/mol. The lowest BCUT2D eigenvalue weighted by atomic mass is 9.96. The maximum atomic E-state index is 14.8. The summed E-state index contributed by atoms with van der Waals surface area (Å²) < 4.78 is 139. The molecule has 3 aromatic rings. The number of rotatable bonds is 8. The quantitative estimate of drug-likeness (QED) is 0.194. The fourth-order valence-corrected chi connectivity index (χ4v) is 4.37. The van der Waals surface area contributed by atoms with Crippen molar-refractivity contribution in [1.29, 1.82) is 0 Å². The summed E-state index contributed by atoms with van der Waals surface area (Å²) in [5.41, 5.74) is -2.17. The van der Waals surface area contributed by atoms with Gasteiger partial charge in [-0.2, -0.15) is 22.0 Å². The molecule has 3 nitrogen and oxygen atoms in total. The van der Waals surface area contributed by atoms with Gasteiger partial charge in [0.1, 0.15) is 28.8 Å². The Hall–Kier alpha value is -3.51. The van der Waals surface area contributed by atoms with Crippen molar-refractivity contribution in [3.05, 3.63) is 100 Å². The van der Waals surface area contributed by atoms with E-state index >= 15 is 0 Å². The molecule has 1 saturated heterocycles. The topological polar surface area (TPSA) is 27.7 Å². The fourth-order valence-electron chi connectivity index (χ4n) is 4.37. The lowest BCUT2D eigenvalue weighted by Gasteiger charge is -2.30. The molecular formula is C29H23F9O3. The summed E-state index contributed by atoms with van der Waals surface area (Å²) in [5.74, 6) is -6.70. The molecule has 12 heteroatoms. The molecule has 220 valence electrons. The molecule has 4 rings (SSSR count). The molecule has 0 bridgehead atoms. The number of hydrogen-bond acceptors (Lipinski definition) is 3. The van der Waals surface area contributed by atoms with E-state index in [1.165, 1.54) is 25.1 Å². The van der Waals surface area contributed by atoms with Crippen LogP contribution in [0.25, 0.3) is 17.0 Å². The van der Waals surface area contributed by atoms with E-state index in [1.807, 2.05) is 0 Å². The van der Waals surface area contributed by atoms with Crippen LogP contribution in [0.3, 0.4) is 0 Å². The average Bonchev–Trinajstić information content (AvgIpc) is 2.91. The maximum Gasteiger partial charge on any atom is 0.422 e. The Kier molecular flexibility index (Phi) is 9.33. The van der Waals surface area contributed by atoms with Crippen molar-refractivity contribution < 1.29 is 53.7 Å². The van der Waals surface area contributed by atoms with Crippen molar-refractivity contribution in [3.63, 3.8) is 0 Å². The highest BCUT2D eigenvalue weighted by molar-refractivity contribution is 5.69. The highest BCUT2D eigenvalue weighted by Gasteiger charge is 2.38. The van der Waals surface area contributed by atoms with Gasteiger partial charge in [-0.15, -0.1) is 0 Å². The summed E-state index contributed by atoms with van der Waals surface area (Å²) in [6.45, 7) is 1.43. The average molecular weight is 590 g/mol. The van der Waals surface area contributed by atoms with Gasteiger partial charge in [0.25, 0.3) is 0 Å². The Balaban J connectivity index is 1.36. The first kappa shape index (κ1) is 30.4. The largest absolute Gasteiger partial charge is 0.469 e. The van der Waals surface area contributed by atoms with Gasteiger partial charge in [-0.3, -0.25) is 0 Å². The molecule has 0 saturated carbocycles. The molecule has 0 amide bonds. The van der Waals surface area contributed by atoms with E-state index in [4.69, 9.17) is 9.47 Å². The van der Waals surface area contributed by atoms with E-state index in [2.05, 4.69) is 4.74 Å². The third-order valence-corrected chi connectivity index (χ3v) is 6.44. The van der Waals surface area contributed by atoms with Crippen LogP contribution in [0.1, 0.15) is 41.9 Å². The zero-order valence-corrected chi connectivity index (χ0v) is 21.4. The normalized spacial score (nSPS) is 18.3. The van der Waals surface area contributed by atoms with E-state index in [9.17, 15) is 39.5 Å². The minimum absolute atomic E-state index is 0.0277. The van der Waals surface area contributed by atoms with Crippen LogP contribution < -0.4 is 0 Å². The molecule has 0 unspecified atom stereocenters. The highest BCUT2D eigenvalue weighted by atomic mass is 19.4. The standard InChI is InChI=1S/C29H23F9O3/c1-2-39-27(35)26(34)18-7-8-20(22(31)10-18)17-6-5-16(21(30)9-17)4-3-15-13-40-28(41-14-15)19-11-23(32)25(24(33)12-19)29(36,37)38/h5-12,15,28H,2-4,13-14H2,1H3/b27-26-. The van der Waals surface area contributed by atoms with Crippen LogP contribution in [0, 0.1) is 29.2 Å². The third-order valence-electron chi connectivity index (χ3n) is 6.44. The van der Waals surface area contributed by atoms with Crippen LogP contribution in [0.15, 0.2) is 54.5 Å². The first-order chi connectivity index (χ1) is 19.4. The molecule has 0 spiro atoms. The van der Waals surface area contributed by atoms with Crippen molar-refractivity contribution in [2.45, 2.75) is 32.2 Å². The molecule has 1 aliphatic rings. The summed E-state index contributed by atoms with van der Waals surface area (Å²) >= 11 is 0. The van der Waals surface area contributed by atoms with Crippen molar-refractivity contribution in [3.8, 4) is 11.1 Å². The van der Waals surface area contributed by atoms with Crippen LogP contribution in [0.2, 0.25) is 0 Å². The van der Waals surface area contributed by atoms with Gasteiger partial charge in [-0.25, -0.2) is 17.6 Å². The second-order valence-corrected chi connectivity index (χ2v) is 9.28. The van der Waals surface area contributed by atoms with E-state index in [1.54, 1.807) is 0 Å². The SMILES string of the molecule is CCO/C(F)=C(\F)c1ccc(-c2ccc(CCC3COC(c4cc(F)c(C(F)(F)F)c(F)c4)OC3)c(F)c2)c(F)c1. The Morgan fingerprint density at radius 2 is 1.51 bits per heavy atom. The number of alkyl halides is 3. The van der Waals surface area contributed by atoms with Crippen molar-refractivity contribution in [2.75, 3.05) is 19.8 Å². The van der Waals surface area contributed by atoms with Gasteiger partial charge in [-0.1, -0.05) is 24.3 Å². The van der Waals surface area contributed by atoms with Gasteiger partial charge in [0.15, 0.2) is 6.29 Å². The number of halogens is 9. The van der Waals surface area contributed by atoms with E-state index in [-0.39, 0.29) is 54.4 Å². The molecule has 0 atom stereocenters. The Bertz CT molecular complexity index is 1400. The summed E-state index contributed by atoms with van der Waals surface area (Å²) in [6.07, 6.45) is -5.86. The predicted octanol–water partition coefficient (Wildman–Crippen LogP) is 8.82. The van der Waals surface area contributed by atoms with Crippen molar-refractivity contribution >= 4 is 5.83 Å². The molecule has 0 aromatic heterocycles. The van der Waals surface area contributed by atoms with E-state index in [0.717, 1.165) is 18.2 Å². The van der Waals surface area contributed by atoms with Gasteiger partial charge >= 0.3 is 12.2 Å². The van der Waals surface area contributed by atoms with Crippen LogP contribution in [-0.4, -0.2) is 19.8 Å². The molecule has 0 aliphatic carbocycles. The fraction of sp³-hybridized carbons (Fsp3) is 0.310. The minimum atomic E-state index is -5.19.